The molecule has 2 rings (SSSR count). The van der Waals surface area contributed by atoms with Crippen LogP contribution in [0.2, 0.25) is 0 Å². The lowest BCUT2D eigenvalue weighted by atomic mass is 9.79. The van der Waals surface area contributed by atoms with Gasteiger partial charge in [-0.25, -0.2) is 31.5 Å². The first-order valence-corrected chi connectivity index (χ1v) is 7.44. The van der Waals surface area contributed by atoms with Gasteiger partial charge in [-0.1, -0.05) is 0 Å². The van der Waals surface area contributed by atoms with Gasteiger partial charge in [0.15, 0.2) is 23.3 Å². The Morgan fingerprint density at radius 3 is 1.41 bits per heavy atom. The van der Waals surface area contributed by atoms with Crippen LogP contribution in [0.25, 0.3) is 0 Å². The van der Waals surface area contributed by atoms with Gasteiger partial charge in [-0.2, -0.15) is 0 Å². The predicted octanol–water partition coefficient (Wildman–Crippen LogP) is 2.96. The van der Waals surface area contributed by atoms with Crippen LogP contribution in [0.5, 0.6) is 0 Å². The lowest BCUT2D eigenvalue weighted by Gasteiger charge is -2.30. The molecular weight excluding hydrogens is 377 g/mol. The number of hydrogen-bond acceptors (Lipinski definition) is 5. The van der Waals surface area contributed by atoms with Crippen molar-refractivity contribution in [1.82, 2.24) is 5.32 Å². The van der Waals surface area contributed by atoms with Gasteiger partial charge in [-0.3, -0.25) is 0 Å². The Bertz CT molecular complexity index is 840. The van der Waals surface area contributed by atoms with E-state index in [-0.39, 0.29) is 11.4 Å². The Labute approximate surface area is 150 Å². The van der Waals surface area contributed by atoms with Gasteiger partial charge in [-0.15, -0.1) is 0 Å². The van der Waals surface area contributed by atoms with Crippen molar-refractivity contribution < 1.29 is 41.0 Å². The Hall–Kier alpha value is -2.91. The zero-order chi connectivity index (χ0) is 20.6. The fraction of sp³-hybridized carbons (Fsp3) is 0.294. The Morgan fingerprint density at radius 1 is 0.741 bits per heavy atom. The molecular formula is C17H14F5NO4. The maximum Gasteiger partial charge on any atom is 0.336 e. The number of allylic oxidation sites excluding steroid dienone is 2. The molecule has 27 heavy (non-hydrogen) atoms. The van der Waals surface area contributed by atoms with E-state index < -0.39 is 63.7 Å². The van der Waals surface area contributed by atoms with Crippen molar-refractivity contribution in [3.63, 3.8) is 0 Å². The number of ether oxygens (including phenoxy) is 2. The topological polar surface area (TPSA) is 64.6 Å². The first kappa shape index (κ1) is 20.4. The van der Waals surface area contributed by atoms with Gasteiger partial charge in [0.05, 0.1) is 31.3 Å². The summed E-state index contributed by atoms with van der Waals surface area (Å²) in [6.07, 6.45) is 0. The van der Waals surface area contributed by atoms with Crippen LogP contribution in [0.15, 0.2) is 22.5 Å². The van der Waals surface area contributed by atoms with Gasteiger partial charge >= 0.3 is 11.9 Å². The molecule has 0 amide bonds. The molecule has 1 aliphatic heterocycles. The molecule has 146 valence electrons. The second kappa shape index (κ2) is 7.37. The van der Waals surface area contributed by atoms with E-state index in [0.29, 0.717) is 0 Å². The summed E-state index contributed by atoms with van der Waals surface area (Å²) in [6, 6.07) is 0. The lowest BCUT2D eigenvalue weighted by Crippen LogP contribution is -2.33. The minimum Gasteiger partial charge on any atom is -0.466 e. The molecule has 1 N–H and O–H groups in total. The number of esters is 2. The molecule has 0 saturated carbocycles. The molecule has 0 fully saturated rings. The number of hydrogen-bond donors (Lipinski definition) is 1. The maximum absolute atomic E-state index is 14.4. The molecule has 0 aromatic heterocycles. The van der Waals surface area contributed by atoms with E-state index in [1.54, 1.807) is 0 Å². The Balaban J connectivity index is 2.95. The van der Waals surface area contributed by atoms with Crippen LogP contribution in [-0.2, 0) is 19.1 Å². The normalized spacial score (nSPS) is 15.0. The molecule has 0 bridgehead atoms. The summed E-state index contributed by atoms with van der Waals surface area (Å²) in [7, 11) is 1.92. The van der Waals surface area contributed by atoms with Crippen molar-refractivity contribution in [1.29, 1.82) is 0 Å². The van der Waals surface area contributed by atoms with Crippen molar-refractivity contribution in [2.75, 3.05) is 14.2 Å². The third-order valence-electron chi connectivity index (χ3n) is 4.10. The molecule has 1 aromatic rings. The molecule has 0 unspecified atom stereocenters. The van der Waals surface area contributed by atoms with Gasteiger partial charge < -0.3 is 14.8 Å². The van der Waals surface area contributed by atoms with Crippen LogP contribution < -0.4 is 5.32 Å². The zero-order valence-electron chi connectivity index (χ0n) is 14.6. The third-order valence-corrected chi connectivity index (χ3v) is 4.10. The van der Waals surface area contributed by atoms with E-state index >= 15 is 0 Å². The Morgan fingerprint density at radius 2 is 1.07 bits per heavy atom. The average Bonchev–Trinajstić information content (AvgIpc) is 2.63. The van der Waals surface area contributed by atoms with Gasteiger partial charge in [0.1, 0.15) is 0 Å². The smallest absolute Gasteiger partial charge is 0.336 e. The fourth-order valence-electron chi connectivity index (χ4n) is 2.92. The molecule has 0 saturated heterocycles. The largest absolute Gasteiger partial charge is 0.466 e. The summed E-state index contributed by atoms with van der Waals surface area (Å²) in [5, 5.41) is 2.64. The number of methoxy groups -OCH3 is 2. The van der Waals surface area contributed by atoms with E-state index in [0.717, 1.165) is 14.2 Å². The highest BCUT2D eigenvalue weighted by atomic mass is 19.2. The summed E-state index contributed by atoms with van der Waals surface area (Å²) in [5.41, 5.74) is -2.31. The summed E-state index contributed by atoms with van der Waals surface area (Å²) < 4.78 is 78.8. The van der Waals surface area contributed by atoms with Gasteiger partial charge in [-0.05, 0) is 13.8 Å². The quantitative estimate of drug-likeness (QED) is 0.372. The minimum absolute atomic E-state index is 0.0148. The van der Waals surface area contributed by atoms with Crippen molar-refractivity contribution in [3.8, 4) is 0 Å². The molecule has 0 atom stereocenters. The van der Waals surface area contributed by atoms with Crippen molar-refractivity contribution >= 4 is 11.9 Å². The highest BCUT2D eigenvalue weighted by Gasteiger charge is 2.42. The summed E-state index contributed by atoms with van der Waals surface area (Å²) >= 11 is 0. The van der Waals surface area contributed by atoms with Crippen LogP contribution in [0, 0.1) is 29.1 Å². The maximum atomic E-state index is 14.4. The number of carbonyl (C=O) groups excluding carboxylic acids is 2. The summed E-state index contributed by atoms with van der Waals surface area (Å²) in [5.74, 6) is -15.3. The Kier molecular flexibility index (Phi) is 5.57. The molecule has 5 nitrogen and oxygen atoms in total. The molecule has 1 aromatic carbocycles. The van der Waals surface area contributed by atoms with Crippen LogP contribution in [0.4, 0.5) is 22.0 Å². The molecule has 10 heteroatoms. The number of nitrogens with one attached hydrogen (secondary N) is 1. The SMILES string of the molecule is COC(=O)C1=C(C)NC(C)=C(C(=O)OC)C1c1c(F)c(F)c(F)c(F)c1F. The van der Waals surface area contributed by atoms with Crippen molar-refractivity contribution in [3.05, 3.63) is 57.2 Å². The van der Waals surface area contributed by atoms with E-state index in [9.17, 15) is 31.5 Å². The van der Waals surface area contributed by atoms with Gasteiger partial charge in [0, 0.05) is 17.0 Å². The molecule has 0 spiro atoms. The lowest BCUT2D eigenvalue weighted by molar-refractivity contribution is -0.137. The highest BCUT2D eigenvalue weighted by molar-refractivity contribution is 5.99. The first-order chi connectivity index (χ1) is 12.6. The number of rotatable bonds is 3. The van der Waals surface area contributed by atoms with Crippen LogP contribution >= 0.6 is 0 Å². The average molecular weight is 391 g/mol. The van der Waals surface area contributed by atoms with Gasteiger partial charge in [0.2, 0.25) is 5.82 Å². The zero-order valence-corrected chi connectivity index (χ0v) is 14.6. The van der Waals surface area contributed by atoms with E-state index in [2.05, 4.69) is 14.8 Å². The number of carbonyl (C=O) groups is 2. The second-order valence-electron chi connectivity index (χ2n) is 5.60. The minimum atomic E-state index is -2.36. The summed E-state index contributed by atoms with van der Waals surface area (Å²) in [4.78, 5) is 24.4. The number of benzene rings is 1. The molecule has 1 aliphatic rings. The third kappa shape index (κ3) is 3.15. The van der Waals surface area contributed by atoms with E-state index in [4.69, 9.17) is 0 Å². The molecule has 0 aliphatic carbocycles. The van der Waals surface area contributed by atoms with Crippen LogP contribution in [-0.4, -0.2) is 26.2 Å². The molecule has 0 radical (unpaired) electrons. The predicted molar refractivity (Wildman–Crippen MR) is 81.5 cm³/mol. The highest BCUT2D eigenvalue weighted by Crippen LogP contribution is 2.42. The van der Waals surface area contributed by atoms with E-state index in [1.807, 2.05) is 0 Å². The number of halogens is 5. The summed E-state index contributed by atoms with van der Waals surface area (Å²) in [6.45, 7) is 2.64. The molecule has 1 heterocycles. The first-order valence-electron chi connectivity index (χ1n) is 7.44. The van der Waals surface area contributed by atoms with E-state index in [1.165, 1.54) is 13.8 Å². The van der Waals surface area contributed by atoms with Crippen LogP contribution in [0.3, 0.4) is 0 Å². The van der Waals surface area contributed by atoms with Gasteiger partial charge in [0.25, 0.3) is 0 Å². The number of dihydropyridines is 1. The van der Waals surface area contributed by atoms with Crippen molar-refractivity contribution in [2.24, 2.45) is 0 Å². The standard InChI is InChI=1S/C17H14F5NO4/c1-5-7(16(24)26-3)9(8(6(2)23-5)17(25)27-4)10-11(18)13(20)15(22)14(21)12(10)19/h9,23H,1-4H3. The van der Waals surface area contributed by atoms with Crippen molar-refractivity contribution in [2.45, 2.75) is 19.8 Å². The van der Waals surface area contributed by atoms with Crippen LogP contribution in [0.1, 0.15) is 25.3 Å². The fourth-order valence-corrected chi connectivity index (χ4v) is 2.92. The second-order valence-corrected chi connectivity index (χ2v) is 5.60. The monoisotopic (exact) mass is 391 g/mol.